The molecule has 0 N–H and O–H groups in total. The molecule has 66 heavy (non-hydrogen) atoms. The molecule has 0 heterocycles. The summed E-state index contributed by atoms with van der Waals surface area (Å²) in [6, 6.07) is 90.6. The number of hydrogen-bond donors (Lipinski definition) is 0. The Balaban J connectivity index is 0.910. The van der Waals surface area contributed by atoms with E-state index in [1.54, 1.807) is 0 Å². The molecule has 0 aromatic heterocycles. The average molecular weight is 847 g/mol. The molecule has 0 bridgehead atoms. The highest BCUT2D eigenvalue weighted by molar-refractivity contribution is 5.89. The highest BCUT2D eigenvalue weighted by Crippen LogP contribution is 2.52. The van der Waals surface area contributed by atoms with Gasteiger partial charge in [-0.1, -0.05) is 195 Å². The quantitative estimate of drug-likeness (QED) is 0.135. The van der Waals surface area contributed by atoms with Crippen molar-refractivity contribution in [1.82, 2.24) is 0 Å². The number of para-hydroxylation sites is 1. The van der Waals surface area contributed by atoms with E-state index in [1.165, 1.54) is 72.3 Å². The minimum absolute atomic E-state index is 0.246. The molecule has 0 saturated heterocycles. The number of nitrogens with zero attached hydrogens (tertiary/aromatic N) is 2. The van der Waals surface area contributed by atoms with Crippen LogP contribution in [0, 0.1) is 6.92 Å². The first-order valence-electron chi connectivity index (χ1n) is 22.9. The van der Waals surface area contributed by atoms with E-state index in [0.717, 1.165) is 34.1 Å². The summed E-state index contributed by atoms with van der Waals surface area (Å²) in [5.41, 5.74) is 22.7. The first-order chi connectivity index (χ1) is 32.4. The largest absolute Gasteiger partial charge is 0.310 e. The first-order valence-corrected chi connectivity index (χ1v) is 22.9. The summed E-state index contributed by atoms with van der Waals surface area (Å²) >= 11 is 0. The molecule has 0 unspecified atom stereocenters. The SMILES string of the molecule is Cc1ccc(N(c2ccc(-c3ccc(-c4ccccc4)cc3)cc2)c2ccc3c(c2)C(C)(C)c2cc(N(c4ccccc4)c4ccc(-c5ccc(-c6ccccc6)cc5)cc4)ccc2-3)cc1. The summed E-state index contributed by atoms with van der Waals surface area (Å²) in [6.07, 6.45) is 0. The van der Waals surface area contributed by atoms with Gasteiger partial charge in [-0.15, -0.1) is 0 Å². The Morgan fingerprint density at radius 1 is 0.258 bits per heavy atom. The summed E-state index contributed by atoms with van der Waals surface area (Å²) in [7, 11) is 0. The summed E-state index contributed by atoms with van der Waals surface area (Å²) in [4.78, 5) is 4.78. The zero-order chi connectivity index (χ0) is 44.6. The number of anilines is 6. The summed E-state index contributed by atoms with van der Waals surface area (Å²) in [6.45, 7) is 6.91. The molecule has 0 saturated carbocycles. The molecule has 2 nitrogen and oxygen atoms in total. The normalized spacial score (nSPS) is 12.3. The van der Waals surface area contributed by atoms with Gasteiger partial charge in [-0.2, -0.15) is 0 Å². The third kappa shape index (κ3) is 7.67. The number of aryl methyl sites for hydroxylation is 1. The summed E-state index contributed by atoms with van der Waals surface area (Å²) in [5, 5.41) is 0. The van der Waals surface area contributed by atoms with Crippen molar-refractivity contribution in [2.45, 2.75) is 26.2 Å². The molecule has 2 heteroatoms. The van der Waals surface area contributed by atoms with E-state index in [2.05, 4.69) is 279 Å². The van der Waals surface area contributed by atoms with Crippen molar-refractivity contribution in [1.29, 1.82) is 0 Å². The number of hydrogen-bond acceptors (Lipinski definition) is 2. The molecule has 0 atom stereocenters. The molecule has 0 radical (unpaired) electrons. The minimum Gasteiger partial charge on any atom is -0.310 e. The zero-order valence-corrected chi connectivity index (χ0v) is 37.6. The van der Waals surface area contributed by atoms with Crippen molar-refractivity contribution < 1.29 is 0 Å². The van der Waals surface area contributed by atoms with E-state index in [4.69, 9.17) is 0 Å². The predicted octanol–water partition coefficient (Wildman–Crippen LogP) is 17.9. The molecule has 11 rings (SSSR count). The first kappa shape index (κ1) is 40.6. The van der Waals surface area contributed by atoms with Crippen molar-refractivity contribution in [3.05, 3.63) is 265 Å². The molecular weight excluding hydrogens is 797 g/mol. The molecule has 0 spiro atoms. The molecule has 10 aromatic rings. The molecule has 0 amide bonds. The van der Waals surface area contributed by atoms with Gasteiger partial charge >= 0.3 is 0 Å². The third-order valence-electron chi connectivity index (χ3n) is 13.4. The van der Waals surface area contributed by atoms with Crippen LogP contribution < -0.4 is 9.80 Å². The fourth-order valence-corrected chi connectivity index (χ4v) is 9.73. The highest BCUT2D eigenvalue weighted by atomic mass is 15.1. The topological polar surface area (TPSA) is 6.48 Å². The maximum atomic E-state index is 2.42. The number of benzene rings is 10. The third-order valence-corrected chi connectivity index (χ3v) is 13.4. The zero-order valence-electron chi connectivity index (χ0n) is 37.6. The summed E-state index contributed by atoms with van der Waals surface area (Å²) < 4.78 is 0. The Labute approximate surface area is 389 Å². The predicted molar refractivity (Wildman–Crippen MR) is 280 cm³/mol. The Morgan fingerprint density at radius 2 is 0.515 bits per heavy atom. The Kier molecular flexibility index (Phi) is 10.5. The van der Waals surface area contributed by atoms with E-state index in [1.807, 2.05) is 0 Å². The molecule has 1 aliphatic rings. The van der Waals surface area contributed by atoms with Crippen LogP contribution in [0.4, 0.5) is 34.1 Å². The van der Waals surface area contributed by atoms with Crippen LogP contribution in [0.3, 0.4) is 0 Å². The standard InChI is InChI=1S/C64H50N2/c1-45-19-33-55(34-20-45)66(57-37-31-53(32-38-57)51-27-23-49(24-28-51)47-15-9-5-10-16-47)59-40-42-61-60-41-39-58(43-62(60)64(2,3)63(61)44-59)65(54-17-11-6-12-18-54)56-35-29-52(30-36-56)50-25-21-48(22-26-50)46-13-7-4-8-14-46/h4-44H,1-3H3. The van der Waals surface area contributed by atoms with Gasteiger partial charge in [-0.3, -0.25) is 0 Å². The van der Waals surface area contributed by atoms with E-state index >= 15 is 0 Å². The summed E-state index contributed by atoms with van der Waals surface area (Å²) in [5.74, 6) is 0. The second-order valence-corrected chi connectivity index (χ2v) is 17.9. The molecule has 1 aliphatic carbocycles. The van der Waals surface area contributed by atoms with Gasteiger partial charge in [-0.25, -0.2) is 0 Å². The fourth-order valence-electron chi connectivity index (χ4n) is 9.73. The smallest absolute Gasteiger partial charge is 0.0465 e. The van der Waals surface area contributed by atoms with E-state index < -0.39 is 0 Å². The van der Waals surface area contributed by atoms with Crippen molar-refractivity contribution in [3.63, 3.8) is 0 Å². The Morgan fingerprint density at radius 3 is 0.864 bits per heavy atom. The lowest BCUT2D eigenvalue weighted by atomic mass is 9.82. The van der Waals surface area contributed by atoms with Crippen LogP contribution in [0.2, 0.25) is 0 Å². The average Bonchev–Trinajstić information content (AvgIpc) is 3.60. The van der Waals surface area contributed by atoms with Crippen LogP contribution in [-0.2, 0) is 5.41 Å². The van der Waals surface area contributed by atoms with E-state index in [0.29, 0.717) is 0 Å². The minimum atomic E-state index is -0.246. The number of rotatable bonds is 10. The van der Waals surface area contributed by atoms with Crippen LogP contribution >= 0.6 is 0 Å². The van der Waals surface area contributed by atoms with Crippen LogP contribution in [0.25, 0.3) is 55.6 Å². The monoisotopic (exact) mass is 846 g/mol. The highest BCUT2D eigenvalue weighted by Gasteiger charge is 2.37. The maximum Gasteiger partial charge on any atom is 0.0465 e. The van der Waals surface area contributed by atoms with Crippen molar-refractivity contribution in [2.75, 3.05) is 9.80 Å². The van der Waals surface area contributed by atoms with Crippen LogP contribution in [0.5, 0.6) is 0 Å². The van der Waals surface area contributed by atoms with Gasteiger partial charge in [0.15, 0.2) is 0 Å². The Hall–Kier alpha value is -8.20. The fraction of sp³-hybridized carbons (Fsp3) is 0.0625. The molecule has 10 aromatic carbocycles. The molecule has 0 aliphatic heterocycles. The van der Waals surface area contributed by atoms with Gasteiger partial charge in [0.25, 0.3) is 0 Å². The van der Waals surface area contributed by atoms with E-state index in [9.17, 15) is 0 Å². The number of fused-ring (bicyclic) bond motifs is 3. The van der Waals surface area contributed by atoms with Crippen LogP contribution in [-0.4, -0.2) is 0 Å². The lowest BCUT2D eigenvalue weighted by Gasteiger charge is -2.29. The molecule has 0 fully saturated rings. The van der Waals surface area contributed by atoms with Crippen molar-refractivity contribution in [2.24, 2.45) is 0 Å². The van der Waals surface area contributed by atoms with Gasteiger partial charge in [0.1, 0.15) is 0 Å². The van der Waals surface area contributed by atoms with Crippen molar-refractivity contribution >= 4 is 34.1 Å². The Bertz CT molecular complexity index is 3260. The van der Waals surface area contributed by atoms with Crippen LogP contribution in [0.15, 0.2) is 249 Å². The van der Waals surface area contributed by atoms with E-state index in [-0.39, 0.29) is 5.41 Å². The second kappa shape index (κ2) is 17.1. The maximum absolute atomic E-state index is 2.42. The lowest BCUT2D eigenvalue weighted by Crippen LogP contribution is -2.17. The second-order valence-electron chi connectivity index (χ2n) is 17.9. The van der Waals surface area contributed by atoms with Crippen LogP contribution in [0.1, 0.15) is 30.5 Å². The van der Waals surface area contributed by atoms with Gasteiger partial charge in [0.05, 0.1) is 0 Å². The molecular formula is C64H50N2. The van der Waals surface area contributed by atoms with Gasteiger partial charge in [-0.05, 0) is 146 Å². The van der Waals surface area contributed by atoms with Gasteiger partial charge < -0.3 is 9.80 Å². The molecule has 316 valence electrons. The van der Waals surface area contributed by atoms with Gasteiger partial charge in [0.2, 0.25) is 0 Å². The van der Waals surface area contributed by atoms with Gasteiger partial charge in [0, 0.05) is 39.5 Å². The van der Waals surface area contributed by atoms with Crippen molar-refractivity contribution in [3.8, 4) is 55.6 Å². The lowest BCUT2D eigenvalue weighted by molar-refractivity contribution is 0.660.